The Morgan fingerprint density at radius 3 is 2.80 bits per heavy atom. The zero-order valence-corrected chi connectivity index (χ0v) is 19.4. The average Bonchev–Trinajstić information content (AvgIpc) is 3.17. The van der Waals surface area contributed by atoms with Crippen molar-refractivity contribution in [2.24, 2.45) is 4.99 Å². The number of benzene rings is 1. The van der Waals surface area contributed by atoms with Crippen LogP contribution < -0.4 is 10.6 Å². The lowest BCUT2D eigenvalue weighted by Gasteiger charge is -2.40. The molecule has 3 rings (SSSR count). The molecule has 0 spiro atoms. The first kappa shape index (κ1) is 22.7. The summed E-state index contributed by atoms with van der Waals surface area (Å²) in [4.78, 5) is 14.4. The Hall–Kier alpha value is -1.96. The summed E-state index contributed by atoms with van der Waals surface area (Å²) in [7, 11) is 2.22. The molecule has 7 heteroatoms. The summed E-state index contributed by atoms with van der Waals surface area (Å²) in [6.45, 7) is 11.1. The number of rotatable bonds is 9. The van der Waals surface area contributed by atoms with Crippen molar-refractivity contribution in [3.8, 4) is 0 Å². The highest BCUT2D eigenvalue weighted by Gasteiger charge is 2.25. The predicted octanol–water partition coefficient (Wildman–Crippen LogP) is 2.93. The molecule has 1 aliphatic rings. The molecule has 0 radical (unpaired) electrons. The van der Waals surface area contributed by atoms with E-state index >= 15 is 0 Å². The van der Waals surface area contributed by atoms with Gasteiger partial charge in [-0.05, 0) is 32.9 Å². The van der Waals surface area contributed by atoms with Gasteiger partial charge in [0.15, 0.2) is 5.96 Å². The number of likely N-dealkylation sites (N-methyl/N-ethyl adjacent to an activating group) is 1. The molecule has 2 aromatic rings. The van der Waals surface area contributed by atoms with Gasteiger partial charge >= 0.3 is 0 Å². The molecule has 1 aromatic heterocycles. The minimum absolute atomic E-state index is 0.474. The lowest BCUT2D eigenvalue weighted by molar-refractivity contribution is 0.0894. The fraction of sp³-hybridized carbons (Fsp3) is 0.565. The number of hydrogen-bond donors (Lipinski definition) is 2. The molecular formula is C23H36N6S. The van der Waals surface area contributed by atoms with E-state index in [0.29, 0.717) is 6.04 Å². The summed E-state index contributed by atoms with van der Waals surface area (Å²) in [6, 6.07) is 11.4. The van der Waals surface area contributed by atoms with Gasteiger partial charge in [0.2, 0.25) is 0 Å². The van der Waals surface area contributed by atoms with Gasteiger partial charge in [0, 0.05) is 63.7 Å². The molecular weight excluding hydrogens is 392 g/mol. The predicted molar refractivity (Wildman–Crippen MR) is 127 cm³/mol. The highest BCUT2D eigenvalue weighted by Crippen LogP contribution is 2.24. The van der Waals surface area contributed by atoms with Crippen molar-refractivity contribution in [1.29, 1.82) is 0 Å². The third-order valence-corrected chi connectivity index (χ3v) is 6.26. The van der Waals surface area contributed by atoms with Crippen LogP contribution in [-0.4, -0.2) is 73.6 Å². The Morgan fingerprint density at radius 1 is 1.23 bits per heavy atom. The van der Waals surface area contributed by atoms with E-state index in [-0.39, 0.29) is 0 Å². The minimum Gasteiger partial charge on any atom is -0.357 e. The van der Waals surface area contributed by atoms with Crippen LogP contribution in [0.5, 0.6) is 0 Å². The van der Waals surface area contributed by atoms with Gasteiger partial charge in [-0.1, -0.05) is 30.3 Å². The Balaban J connectivity index is 1.46. The van der Waals surface area contributed by atoms with Gasteiger partial charge < -0.3 is 15.5 Å². The Labute approximate surface area is 185 Å². The first-order valence-electron chi connectivity index (χ1n) is 11.1. The molecule has 1 unspecified atom stereocenters. The van der Waals surface area contributed by atoms with E-state index < -0.39 is 0 Å². The topological polar surface area (TPSA) is 55.8 Å². The Bertz CT molecular complexity index is 775. The maximum Gasteiger partial charge on any atom is 0.191 e. The number of nitrogens with one attached hydrogen (secondary N) is 2. The van der Waals surface area contributed by atoms with Crippen LogP contribution in [0.15, 0.2) is 40.7 Å². The van der Waals surface area contributed by atoms with Gasteiger partial charge in [0.05, 0.1) is 10.7 Å². The van der Waals surface area contributed by atoms with Crippen LogP contribution in [0.2, 0.25) is 0 Å². The molecule has 0 aliphatic carbocycles. The van der Waals surface area contributed by atoms with Crippen LogP contribution >= 0.6 is 11.3 Å². The maximum atomic E-state index is 4.79. The summed E-state index contributed by atoms with van der Waals surface area (Å²) in [6.07, 6.45) is 1.99. The number of hydrogen-bond acceptors (Lipinski definition) is 5. The van der Waals surface area contributed by atoms with Crippen molar-refractivity contribution in [2.45, 2.75) is 32.7 Å². The van der Waals surface area contributed by atoms with Crippen molar-refractivity contribution in [3.63, 3.8) is 0 Å². The zero-order valence-electron chi connectivity index (χ0n) is 18.6. The van der Waals surface area contributed by atoms with Gasteiger partial charge in [-0.15, -0.1) is 11.3 Å². The average molecular weight is 429 g/mol. The van der Waals surface area contributed by atoms with Crippen molar-refractivity contribution >= 4 is 17.3 Å². The van der Waals surface area contributed by atoms with Crippen LogP contribution in [0, 0.1) is 6.92 Å². The first-order valence-corrected chi connectivity index (χ1v) is 11.9. The third-order valence-electron chi connectivity index (χ3n) is 5.44. The monoisotopic (exact) mass is 428 g/mol. The molecule has 164 valence electrons. The van der Waals surface area contributed by atoms with E-state index in [1.54, 1.807) is 11.3 Å². The zero-order chi connectivity index (χ0) is 21.2. The van der Waals surface area contributed by atoms with Crippen molar-refractivity contribution < 1.29 is 0 Å². The number of aromatic nitrogens is 1. The van der Waals surface area contributed by atoms with Crippen LogP contribution in [0.1, 0.15) is 35.7 Å². The van der Waals surface area contributed by atoms with Crippen LogP contribution in [0.25, 0.3) is 0 Å². The molecule has 1 fully saturated rings. The molecule has 1 aliphatic heterocycles. The lowest BCUT2D eigenvalue weighted by atomic mass is 10.0. The summed E-state index contributed by atoms with van der Waals surface area (Å²) < 4.78 is 0. The van der Waals surface area contributed by atoms with Gasteiger partial charge in [0.25, 0.3) is 0 Å². The van der Waals surface area contributed by atoms with Crippen LogP contribution in [-0.2, 0) is 6.42 Å². The second-order valence-corrected chi connectivity index (χ2v) is 8.94. The SMILES string of the molecule is CCNC(=NCCCN1CCN(C)CC1c1ccccc1)NCCc1csc(C)n1. The highest BCUT2D eigenvalue weighted by atomic mass is 32.1. The molecule has 1 saturated heterocycles. The van der Waals surface area contributed by atoms with E-state index in [2.05, 4.69) is 82.0 Å². The highest BCUT2D eigenvalue weighted by molar-refractivity contribution is 7.09. The van der Waals surface area contributed by atoms with E-state index in [4.69, 9.17) is 4.99 Å². The molecule has 0 bridgehead atoms. The number of aryl methyl sites for hydroxylation is 1. The van der Waals surface area contributed by atoms with Gasteiger partial charge in [-0.25, -0.2) is 4.98 Å². The minimum atomic E-state index is 0.474. The quantitative estimate of drug-likeness (QED) is 0.365. The number of nitrogens with zero attached hydrogens (tertiary/aromatic N) is 4. The van der Waals surface area contributed by atoms with Gasteiger partial charge in [-0.2, -0.15) is 0 Å². The summed E-state index contributed by atoms with van der Waals surface area (Å²) in [5.41, 5.74) is 2.57. The number of aliphatic imine (C=N–C) groups is 1. The van der Waals surface area contributed by atoms with Gasteiger partial charge in [-0.3, -0.25) is 9.89 Å². The number of piperazine rings is 1. The van der Waals surface area contributed by atoms with E-state index in [1.807, 2.05) is 0 Å². The molecule has 0 saturated carbocycles. The molecule has 1 atom stereocenters. The summed E-state index contributed by atoms with van der Waals surface area (Å²) in [5, 5.41) is 10.1. The standard InChI is InChI=1S/C23H36N6S/c1-4-24-23(26-13-11-21-18-30-19(2)27-21)25-12-8-14-29-16-15-28(3)17-22(29)20-9-6-5-7-10-20/h5-7,9-10,18,22H,4,8,11-17H2,1-3H3,(H2,24,25,26). The summed E-state index contributed by atoms with van der Waals surface area (Å²) in [5.74, 6) is 0.905. The fourth-order valence-electron chi connectivity index (χ4n) is 3.85. The largest absolute Gasteiger partial charge is 0.357 e. The van der Waals surface area contributed by atoms with E-state index in [0.717, 1.165) is 75.3 Å². The summed E-state index contributed by atoms with van der Waals surface area (Å²) >= 11 is 1.71. The van der Waals surface area contributed by atoms with Crippen molar-refractivity contribution in [2.75, 3.05) is 52.9 Å². The third kappa shape index (κ3) is 7.07. The second-order valence-electron chi connectivity index (χ2n) is 7.87. The lowest BCUT2D eigenvalue weighted by Crippen LogP contribution is -2.47. The Morgan fingerprint density at radius 2 is 2.07 bits per heavy atom. The van der Waals surface area contributed by atoms with E-state index in [1.165, 1.54) is 5.56 Å². The fourth-order valence-corrected chi connectivity index (χ4v) is 4.50. The first-order chi connectivity index (χ1) is 14.7. The number of thiazole rings is 1. The smallest absolute Gasteiger partial charge is 0.191 e. The van der Waals surface area contributed by atoms with Crippen molar-refractivity contribution in [1.82, 2.24) is 25.4 Å². The number of guanidine groups is 1. The molecule has 1 aromatic carbocycles. The molecule has 2 N–H and O–H groups in total. The second kappa shape index (κ2) is 12.0. The Kier molecular flexibility index (Phi) is 9.11. The molecule has 30 heavy (non-hydrogen) atoms. The molecule has 2 heterocycles. The van der Waals surface area contributed by atoms with Crippen LogP contribution in [0.3, 0.4) is 0 Å². The van der Waals surface area contributed by atoms with Crippen LogP contribution in [0.4, 0.5) is 0 Å². The maximum absolute atomic E-state index is 4.79. The normalized spacial score (nSPS) is 18.5. The van der Waals surface area contributed by atoms with E-state index in [9.17, 15) is 0 Å². The molecule has 0 amide bonds. The van der Waals surface area contributed by atoms with Crippen molar-refractivity contribution in [3.05, 3.63) is 52.0 Å². The van der Waals surface area contributed by atoms with Gasteiger partial charge in [0.1, 0.15) is 0 Å². The molecule has 6 nitrogen and oxygen atoms in total.